The molecule has 0 aliphatic rings. The van der Waals surface area contributed by atoms with Gasteiger partial charge >= 0.3 is 0 Å². The van der Waals surface area contributed by atoms with Crippen LogP contribution in [0.15, 0.2) is 0 Å². The molecule has 0 fully saturated rings. The van der Waals surface area contributed by atoms with Gasteiger partial charge in [-0.25, -0.2) is 0 Å². The lowest BCUT2D eigenvalue weighted by atomic mass is 10.0. The third kappa shape index (κ3) is 9.21. The summed E-state index contributed by atoms with van der Waals surface area (Å²) in [6, 6.07) is 0. The Kier molecular flexibility index (Phi) is 17.1. The van der Waals surface area contributed by atoms with Crippen LogP contribution in [0.5, 0.6) is 0 Å². The molecule has 0 bridgehead atoms. The van der Waals surface area contributed by atoms with Crippen LogP contribution in [0.1, 0.15) is 147 Å². The maximum Gasteiger partial charge on any atom is 0.190 e. The Morgan fingerprint density at radius 3 is 0.971 bits per heavy atom. The van der Waals surface area contributed by atoms with E-state index >= 15 is 0 Å². The minimum Gasteiger partial charge on any atom is -0.453 e. The van der Waals surface area contributed by atoms with Crippen molar-refractivity contribution in [3.8, 4) is 0 Å². The SMILES string of the molecule is CC(C)[Si](O[Si](C(C)C)(C(C)C)C(C)(C)CCCCCCBr)(C(C)C)C(C)(C)CCCCCCBr. The van der Waals surface area contributed by atoms with Crippen LogP contribution < -0.4 is 0 Å². The maximum atomic E-state index is 8.22. The second-order valence-corrected chi connectivity index (χ2v) is 26.7. The highest BCUT2D eigenvalue weighted by molar-refractivity contribution is 9.09. The van der Waals surface area contributed by atoms with Crippen LogP contribution in [0.25, 0.3) is 0 Å². The highest BCUT2D eigenvalue weighted by Crippen LogP contribution is 2.62. The molecule has 0 unspecified atom stereocenters. The number of hydrogen-bond acceptors (Lipinski definition) is 1. The number of hydrogen-bond donors (Lipinski definition) is 0. The molecule has 35 heavy (non-hydrogen) atoms. The molecule has 0 rings (SSSR count). The molecule has 0 aromatic heterocycles. The van der Waals surface area contributed by atoms with E-state index in [9.17, 15) is 0 Å². The molecule has 0 amide bonds. The molecule has 0 heterocycles. The Labute approximate surface area is 241 Å². The monoisotopic (exact) mass is 654 g/mol. The first-order valence-electron chi connectivity index (χ1n) is 14.9. The van der Waals surface area contributed by atoms with Gasteiger partial charge in [-0.2, -0.15) is 0 Å². The largest absolute Gasteiger partial charge is 0.453 e. The zero-order valence-electron chi connectivity index (χ0n) is 26.0. The summed E-state index contributed by atoms with van der Waals surface area (Å²) >= 11 is 7.22. The van der Waals surface area contributed by atoms with Gasteiger partial charge in [0.15, 0.2) is 16.6 Å². The number of rotatable bonds is 20. The van der Waals surface area contributed by atoms with Crippen molar-refractivity contribution in [1.29, 1.82) is 0 Å². The van der Waals surface area contributed by atoms with E-state index in [4.69, 9.17) is 4.12 Å². The third-order valence-electron chi connectivity index (χ3n) is 9.25. The van der Waals surface area contributed by atoms with E-state index in [1.165, 1.54) is 64.2 Å². The molecule has 0 radical (unpaired) electrons. The average Bonchev–Trinajstić information content (AvgIpc) is 2.72. The van der Waals surface area contributed by atoms with Crippen LogP contribution >= 0.6 is 31.9 Å². The second kappa shape index (κ2) is 16.5. The molecule has 0 N–H and O–H groups in total. The molecule has 0 aromatic carbocycles. The molecule has 212 valence electrons. The fourth-order valence-electron chi connectivity index (χ4n) is 7.91. The lowest BCUT2D eigenvalue weighted by Gasteiger charge is -2.61. The molecular weight excluding hydrogens is 592 g/mol. The van der Waals surface area contributed by atoms with Crippen molar-refractivity contribution in [2.45, 2.75) is 180 Å². The third-order valence-corrected chi connectivity index (χ3v) is 24.7. The van der Waals surface area contributed by atoms with Crippen LogP contribution in [-0.4, -0.2) is 27.3 Å². The van der Waals surface area contributed by atoms with Gasteiger partial charge in [0.1, 0.15) is 0 Å². The van der Waals surface area contributed by atoms with Gasteiger partial charge in [-0.05, 0) is 57.9 Å². The predicted molar refractivity (Wildman–Crippen MR) is 175 cm³/mol. The smallest absolute Gasteiger partial charge is 0.190 e. The van der Waals surface area contributed by atoms with Crippen LogP contribution in [0.3, 0.4) is 0 Å². The van der Waals surface area contributed by atoms with E-state index in [0.717, 1.165) is 10.7 Å². The highest BCUT2D eigenvalue weighted by Gasteiger charge is 2.62. The maximum absolute atomic E-state index is 8.22. The van der Waals surface area contributed by atoms with Crippen molar-refractivity contribution >= 4 is 48.5 Å². The Morgan fingerprint density at radius 2 is 0.743 bits per heavy atom. The lowest BCUT2D eigenvalue weighted by Crippen LogP contribution is -2.65. The summed E-state index contributed by atoms with van der Waals surface area (Å²) in [6.45, 7) is 30.4. The quantitative estimate of drug-likeness (QED) is 0.0720. The second-order valence-electron chi connectivity index (χ2n) is 13.8. The fraction of sp³-hybridized carbons (Fsp3) is 1.00. The molecule has 0 aliphatic heterocycles. The van der Waals surface area contributed by atoms with E-state index in [-0.39, 0.29) is 10.1 Å². The van der Waals surface area contributed by atoms with Crippen LogP contribution in [0.4, 0.5) is 0 Å². The summed E-state index contributed by atoms with van der Waals surface area (Å²) in [5, 5.41) is 2.83. The van der Waals surface area contributed by atoms with Crippen LogP contribution in [0.2, 0.25) is 32.2 Å². The molecule has 0 saturated heterocycles. The van der Waals surface area contributed by atoms with E-state index in [2.05, 4.69) is 115 Å². The highest BCUT2D eigenvalue weighted by atomic mass is 79.9. The van der Waals surface area contributed by atoms with Crippen molar-refractivity contribution in [1.82, 2.24) is 0 Å². The van der Waals surface area contributed by atoms with Gasteiger partial charge in [0.25, 0.3) is 0 Å². The van der Waals surface area contributed by atoms with Gasteiger partial charge in [-0.15, -0.1) is 0 Å². The van der Waals surface area contributed by atoms with E-state index in [1.54, 1.807) is 0 Å². The average molecular weight is 657 g/mol. The summed E-state index contributed by atoms with van der Waals surface area (Å²) in [5.74, 6) is 0. The Morgan fingerprint density at radius 1 is 0.486 bits per heavy atom. The van der Waals surface area contributed by atoms with Gasteiger partial charge in [0.2, 0.25) is 0 Å². The molecule has 1 nitrogen and oxygen atoms in total. The minimum absolute atomic E-state index is 0.276. The van der Waals surface area contributed by atoms with E-state index in [0.29, 0.717) is 22.2 Å². The number of alkyl halides is 2. The summed E-state index contributed by atoms with van der Waals surface area (Å²) in [6.07, 6.45) is 13.3. The molecule has 0 aliphatic carbocycles. The number of halogens is 2. The summed E-state index contributed by atoms with van der Waals surface area (Å²) < 4.78 is 8.22. The van der Waals surface area contributed by atoms with Gasteiger partial charge in [-0.1, -0.05) is 153 Å². The van der Waals surface area contributed by atoms with Crippen molar-refractivity contribution in [2.75, 3.05) is 10.7 Å². The Hall–Kier alpha value is 1.35. The molecule has 0 aromatic rings. The first-order valence-corrected chi connectivity index (χ1v) is 21.3. The van der Waals surface area contributed by atoms with Crippen molar-refractivity contribution in [2.24, 2.45) is 0 Å². The first kappa shape index (κ1) is 36.4. The van der Waals surface area contributed by atoms with Crippen LogP contribution in [0, 0.1) is 0 Å². The summed E-state index contributed by atoms with van der Waals surface area (Å²) in [4.78, 5) is 0. The lowest BCUT2D eigenvalue weighted by molar-refractivity contribution is 0.343. The zero-order chi connectivity index (χ0) is 27.5. The van der Waals surface area contributed by atoms with Crippen molar-refractivity contribution < 1.29 is 4.12 Å². The standard InChI is InChI=1S/C30H64Br2OSi2/c1-25(2)34(26(3)4,29(9,10)21-17-13-15-19-23-31)33-35(27(5)6,28(7)8)30(11,12)22-18-14-16-20-24-32/h25-28H,13-24H2,1-12H3. The van der Waals surface area contributed by atoms with Crippen molar-refractivity contribution in [3.63, 3.8) is 0 Å². The summed E-state index contributed by atoms with van der Waals surface area (Å²) in [5.41, 5.74) is 2.50. The topological polar surface area (TPSA) is 9.23 Å². The Balaban J connectivity index is 6.36. The fourth-order valence-corrected chi connectivity index (χ4v) is 27.0. The van der Waals surface area contributed by atoms with E-state index < -0.39 is 16.6 Å². The molecule has 0 atom stereocenters. The van der Waals surface area contributed by atoms with Gasteiger partial charge in [0.05, 0.1) is 0 Å². The predicted octanol–water partition coefficient (Wildman–Crippen LogP) is 12.8. The van der Waals surface area contributed by atoms with Crippen LogP contribution in [-0.2, 0) is 4.12 Å². The van der Waals surface area contributed by atoms with Gasteiger partial charge in [-0.3, -0.25) is 0 Å². The molecular formula is C30H64Br2OSi2. The zero-order valence-corrected chi connectivity index (χ0v) is 31.1. The first-order chi connectivity index (χ1) is 16.1. The van der Waals surface area contributed by atoms with Gasteiger partial charge in [0, 0.05) is 10.7 Å². The summed E-state index contributed by atoms with van der Waals surface area (Å²) in [7, 11) is -4.26. The van der Waals surface area contributed by atoms with Crippen molar-refractivity contribution in [3.05, 3.63) is 0 Å². The van der Waals surface area contributed by atoms with Gasteiger partial charge < -0.3 is 4.12 Å². The Bertz CT molecular complexity index is 495. The minimum atomic E-state index is -2.13. The normalized spacial score (nSPS) is 14.2. The molecule has 0 saturated carbocycles. The molecule has 5 heteroatoms. The molecule has 0 spiro atoms. The van der Waals surface area contributed by atoms with E-state index in [1.807, 2.05) is 0 Å². The number of unbranched alkanes of at least 4 members (excludes halogenated alkanes) is 6.